The molecule has 25 atom stereocenters. The van der Waals surface area contributed by atoms with Gasteiger partial charge in [0.25, 0.3) is 0 Å². The monoisotopic (exact) mass is 798 g/mol. The molecule has 0 radical (unpaired) electrons. The molecule has 25 unspecified atom stereocenters. The third kappa shape index (κ3) is 8.71. The summed E-state index contributed by atoms with van der Waals surface area (Å²) >= 11 is 0. The van der Waals surface area contributed by atoms with Gasteiger partial charge in [0.2, 0.25) is 0 Å². The van der Waals surface area contributed by atoms with Gasteiger partial charge in [-0.05, 0) is 6.92 Å². The van der Waals surface area contributed by atoms with Gasteiger partial charge in [0, 0.05) is 7.11 Å². The van der Waals surface area contributed by atoms with Gasteiger partial charge in [-0.1, -0.05) is 0 Å². The third-order valence-corrected chi connectivity index (χ3v) is 9.88. The van der Waals surface area contributed by atoms with Crippen LogP contribution in [0, 0.1) is 0 Å². The summed E-state index contributed by atoms with van der Waals surface area (Å²) in [6, 6.07) is 0. The number of rotatable bonds is 11. The number of hydrogen-bond donors (Lipinski definition) is 15. The van der Waals surface area contributed by atoms with Crippen LogP contribution < -0.4 is 0 Å². The molecule has 0 aromatic heterocycles. The van der Waals surface area contributed by atoms with E-state index in [2.05, 4.69) is 0 Å². The van der Waals surface area contributed by atoms with Crippen LogP contribution in [0.15, 0.2) is 0 Å². The molecule has 0 aliphatic carbocycles. The molecule has 5 aliphatic rings. The Morgan fingerprint density at radius 2 is 0.741 bits per heavy atom. The van der Waals surface area contributed by atoms with Crippen molar-refractivity contribution in [3.63, 3.8) is 0 Å². The zero-order valence-electron chi connectivity index (χ0n) is 28.6. The van der Waals surface area contributed by atoms with Crippen molar-refractivity contribution >= 4 is 0 Å². The molecule has 0 aromatic carbocycles. The standard InChI is InChI=1S/C29H50O25/c1-5-19(9(33)14(38)25(45-2)46-5)49-26-15(39)10(34)21(7(4-31)47-26)51-29-18(42)22(17(41)24(44)54-29)52-27-16(40)11(35)20(6(3-30)48-27)50-28-13(37)8(32)12(36)23(43)53-28/h5-44H,3-4H2,1-2H3. The fraction of sp³-hybridized carbons (Fsp3) is 1.00. The average Bonchev–Trinajstić information content (AvgIpc) is 3.15. The first-order valence-corrected chi connectivity index (χ1v) is 16.9. The number of aliphatic hydroxyl groups is 15. The van der Waals surface area contributed by atoms with Crippen molar-refractivity contribution in [2.24, 2.45) is 0 Å². The molecule has 5 rings (SSSR count). The smallest absolute Gasteiger partial charge is 0.189 e. The lowest BCUT2D eigenvalue weighted by atomic mass is 9.96. The fourth-order valence-corrected chi connectivity index (χ4v) is 6.71. The van der Waals surface area contributed by atoms with Crippen LogP contribution in [0.25, 0.3) is 0 Å². The summed E-state index contributed by atoms with van der Waals surface area (Å²) in [7, 11) is 1.23. The molecule has 5 aliphatic heterocycles. The normalized spacial score (nSPS) is 54.7. The molecule has 0 amide bonds. The van der Waals surface area contributed by atoms with Gasteiger partial charge in [0.1, 0.15) is 104 Å². The lowest BCUT2D eigenvalue weighted by molar-refractivity contribution is -0.408. The largest absolute Gasteiger partial charge is 0.394 e. The Balaban J connectivity index is 1.24. The first kappa shape index (κ1) is 44.1. The van der Waals surface area contributed by atoms with Gasteiger partial charge in [-0.3, -0.25) is 0 Å². The molecule has 0 spiro atoms. The predicted octanol–water partition coefficient (Wildman–Crippen LogP) is -10.3. The van der Waals surface area contributed by atoms with Crippen molar-refractivity contribution in [3.8, 4) is 0 Å². The van der Waals surface area contributed by atoms with Crippen molar-refractivity contribution in [3.05, 3.63) is 0 Å². The van der Waals surface area contributed by atoms with Crippen molar-refractivity contribution in [2.75, 3.05) is 20.3 Å². The Morgan fingerprint density at radius 3 is 1.22 bits per heavy atom. The van der Waals surface area contributed by atoms with E-state index in [1.165, 1.54) is 14.0 Å². The highest BCUT2D eigenvalue weighted by molar-refractivity contribution is 4.97. The Labute approximate surface area is 305 Å². The van der Waals surface area contributed by atoms with Crippen LogP contribution >= 0.6 is 0 Å². The zero-order valence-corrected chi connectivity index (χ0v) is 28.6. The van der Waals surface area contributed by atoms with Gasteiger partial charge in [0.05, 0.1) is 19.3 Å². The second-order valence-corrected chi connectivity index (χ2v) is 13.5. The molecule has 5 fully saturated rings. The van der Waals surface area contributed by atoms with E-state index < -0.39 is 167 Å². The van der Waals surface area contributed by atoms with Gasteiger partial charge in [-0.2, -0.15) is 0 Å². The zero-order chi connectivity index (χ0) is 39.9. The maximum Gasteiger partial charge on any atom is 0.189 e. The van der Waals surface area contributed by atoms with E-state index >= 15 is 0 Å². The van der Waals surface area contributed by atoms with Crippen LogP contribution in [-0.4, -0.2) is 251 Å². The Morgan fingerprint density at radius 1 is 0.370 bits per heavy atom. The van der Waals surface area contributed by atoms with Crippen LogP contribution in [-0.2, 0) is 47.4 Å². The fourth-order valence-electron chi connectivity index (χ4n) is 6.71. The van der Waals surface area contributed by atoms with Crippen LogP contribution in [0.2, 0.25) is 0 Å². The second-order valence-electron chi connectivity index (χ2n) is 13.5. The summed E-state index contributed by atoms with van der Waals surface area (Å²) in [6.45, 7) is -0.417. The Kier molecular flexibility index (Phi) is 14.9. The predicted molar refractivity (Wildman–Crippen MR) is 160 cm³/mol. The van der Waals surface area contributed by atoms with Gasteiger partial charge in [0.15, 0.2) is 44.0 Å². The first-order chi connectivity index (χ1) is 25.4. The first-order valence-electron chi connectivity index (χ1n) is 16.9. The van der Waals surface area contributed by atoms with E-state index in [1.54, 1.807) is 0 Å². The molecule has 25 nitrogen and oxygen atoms in total. The third-order valence-electron chi connectivity index (χ3n) is 9.88. The van der Waals surface area contributed by atoms with Gasteiger partial charge in [-0.25, -0.2) is 0 Å². The molecule has 0 aromatic rings. The van der Waals surface area contributed by atoms with Gasteiger partial charge >= 0.3 is 0 Å². The lowest BCUT2D eigenvalue weighted by Crippen LogP contribution is -2.67. The van der Waals surface area contributed by atoms with Crippen LogP contribution in [0.3, 0.4) is 0 Å². The maximum absolute atomic E-state index is 11.1. The number of ether oxygens (including phenoxy) is 10. The van der Waals surface area contributed by atoms with E-state index in [1.807, 2.05) is 0 Å². The summed E-state index contributed by atoms with van der Waals surface area (Å²) in [5.41, 5.74) is 0. The average molecular weight is 799 g/mol. The van der Waals surface area contributed by atoms with Crippen molar-refractivity contribution in [2.45, 2.75) is 161 Å². The molecule has 0 saturated carbocycles. The molecule has 54 heavy (non-hydrogen) atoms. The highest BCUT2D eigenvalue weighted by Crippen LogP contribution is 2.35. The molecule has 5 heterocycles. The van der Waals surface area contributed by atoms with E-state index in [-0.39, 0.29) is 0 Å². The molecule has 15 N–H and O–H groups in total. The minimum Gasteiger partial charge on any atom is -0.394 e. The van der Waals surface area contributed by atoms with Crippen molar-refractivity contribution < 1.29 is 124 Å². The van der Waals surface area contributed by atoms with Crippen LogP contribution in [0.1, 0.15) is 6.92 Å². The minimum atomic E-state index is -2.20. The van der Waals surface area contributed by atoms with Gasteiger partial charge < -0.3 is 124 Å². The van der Waals surface area contributed by atoms with Gasteiger partial charge in [-0.15, -0.1) is 0 Å². The van der Waals surface area contributed by atoms with E-state index in [0.717, 1.165) is 0 Å². The SMILES string of the molecule is COC1OC(C)C(OC2OC(CO)C(OC3OC(O)C(O)C(OC4OC(CO)C(OC5OC(O)C(O)C(O)C5O)C(O)C4O)C3O)C(O)C2O)C(O)C1O. The molecule has 5 saturated heterocycles. The topological polar surface area (TPSA) is 396 Å². The molecule has 25 heteroatoms. The van der Waals surface area contributed by atoms with E-state index in [0.29, 0.717) is 0 Å². The summed E-state index contributed by atoms with van der Waals surface area (Å²) < 4.78 is 53.7. The highest BCUT2D eigenvalue weighted by Gasteiger charge is 2.56. The minimum absolute atomic E-state index is 0.914. The number of aliphatic hydroxyl groups excluding tert-OH is 15. The summed E-state index contributed by atoms with van der Waals surface area (Å²) in [4.78, 5) is 0. The Bertz CT molecular complexity index is 1170. The molecule has 0 bridgehead atoms. The van der Waals surface area contributed by atoms with E-state index in [9.17, 15) is 76.6 Å². The maximum atomic E-state index is 11.1. The summed E-state index contributed by atoms with van der Waals surface area (Å²) in [6.07, 6.45) is -45.6. The highest BCUT2D eigenvalue weighted by atomic mass is 16.8. The van der Waals surface area contributed by atoms with Crippen molar-refractivity contribution in [1.82, 2.24) is 0 Å². The lowest BCUT2D eigenvalue weighted by Gasteiger charge is -2.49. The second kappa shape index (κ2) is 18.3. The summed E-state index contributed by atoms with van der Waals surface area (Å²) in [5.74, 6) is 0. The molecule has 316 valence electrons. The molecular formula is C29H50O25. The van der Waals surface area contributed by atoms with Crippen LogP contribution in [0.5, 0.6) is 0 Å². The summed E-state index contributed by atoms with van der Waals surface area (Å²) in [5, 5.41) is 156. The van der Waals surface area contributed by atoms with E-state index in [4.69, 9.17) is 47.4 Å². The number of hydrogen-bond acceptors (Lipinski definition) is 25. The van der Waals surface area contributed by atoms with Crippen molar-refractivity contribution in [1.29, 1.82) is 0 Å². The quantitative estimate of drug-likeness (QED) is 0.0922. The Hall–Kier alpha value is -1.00. The number of methoxy groups -OCH3 is 1. The molecular weight excluding hydrogens is 748 g/mol. The van der Waals surface area contributed by atoms with Crippen LogP contribution in [0.4, 0.5) is 0 Å².